The lowest BCUT2D eigenvalue weighted by Gasteiger charge is -2.09. The maximum Gasteiger partial charge on any atom is 0.255 e. The number of hydrogen-bond donors (Lipinski definition) is 2. The van der Waals surface area contributed by atoms with Gasteiger partial charge in [0.15, 0.2) is 0 Å². The van der Waals surface area contributed by atoms with Crippen molar-refractivity contribution in [2.45, 2.75) is 6.54 Å². The molecule has 134 valence electrons. The lowest BCUT2D eigenvalue weighted by atomic mass is 10.1. The third-order valence-corrected chi connectivity index (χ3v) is 4.36. The van der Waals surface area contributed by atoms with Gasteiger partial charge >= 0.3 is 0 Å². The maximum atomic E-state index is 13.5. The van der Waals surface area contributed by atoms with Crippen LogP contribution in [0.15, 0.2) is 72.9 Å². The van der Waals surface area contributed by atoms with Crippen LogP contribution in [0.4, 0.5) is 15.8 Å². The highest BCUT2D eigenvalue weighted by molar-refractivity contribution is 6.05. The van der Waals surface area contributed by atoms with Gasteiger partial charge in [0, 0.05) is 10.9 Å². The van der Waals surface area contributed by atoms with Gasteiger partial charge in [0.05, 0.1) is 29.6 Å². The van der Waals surface area contributed by atoms with Gasteiger partial charge in [-0.2, -0.15) is 5.10 Å². The topological polar surface area (TPSA) is 72.9 Å². The molecule has 5 nitrogen and oxygen atoms in total. The number of halogens is 1. The van der Waals surface area contributed by atoms with Gasteiger partial charge in [-0.25, -0.2) is 4.39 Å². The SMILES string of the molecule is Nc1ccccc1NC(=O)c1ccc(Cn2ncc3ccc(F)cc32)cc1. The van der Waals surface area contributed by atoms with Crippen molar-refractivity contribution >= 4 is 28.2 Å². The van der Waals surface area contributed by atoms with Crippen molar-refractivity contribution in [3.63, 3.8) is 0 Å². The smallest absolute Gasteiger partial charge is 0.255 e. The Kier molecular flexibility index (Phi) is 4.30. The minimum absolute atomic E-state index is 0.230. The molecule has 0 aliphatic heterocycles. The minimum atomic E-state index is -0.295. The van der Waals surface area contributed by atoms with Crippen molar-refractivity contribution in [1.82, 2.24) is 9.78 Å². The number of carbonyl (C=O) groups is 1. The summed E-state index contributed by atoms with van der Waals surface area (Å²) >= 11 is 0. The maximum absolute atomic E-state index is 13.5. The molecule has 0 saturated carbocycles. The Morgan fingerprint density at radius 1 is 1.07 bits per heavy atom. The largest absolute Gasteiger partial charge is 0.397 e. The van der Waals surface area contributed by atoms with Gasteiger partial charge < -0.3 is 11.1 Å². The summed E-state index contributed by atoms with van der Waals surface area (Å²) < 4.78 is 15.2. The van der Waals surface area contributed by atoms with Crippen LogP contribution in [0.1, 0.15) is 15.9 Å². The van der Waals surface area contributed by atoms with E-state index in [4.69, 9.17) is 5.73 Å². The molecule has 3 N–H and O–H groups in total. The highest BCUT2D eigenvalue weighted by Gasteiger charge is 2.09. The third kappa shape index (κ3) is 3.50. The van der Waals surface area contributed by atoms with Gasteiger partial charge in [0.1, 0.15) is 5.82 Å². The van der Waals surface area contributed by atoms with E-state index >= 15 is 0 Å². The van der Waals surface area contributed by atoms with E-state index in [0.717, 1.165) is 16.5 Å². The number of carbonyl (C=O) groups excluding carboxylic acids is 1. The first kappa shape index (κ1) is 16.8. The number of anilines is 2. The molecule has 0 spiro atoms. The standard InChI is InChI=1S/C21H17FN4O/c22-17-10-9-16-12-24-26(20(16)11-17)13-14-5-7-15(8-6-14)21(27)25-19-4-2-1-3-18(19)23/h1-12H,13,23H2,(H,25,27). The first-order valence-corrected chi connectivity index (χ1v) is 8.46. The summed E-state index contributed by atoms with van der Waals surface area (Å²) in [5.74, 6) is -0.525. The predicted molar refractivity (Wildman–Crippen MR) is 104 cm³/mol. The number of para-hydroxylation sites is 2. The number of nitrogens with one attached hydrogen (secondary N) is 1. The van der Waals surface area contributed by atoms with Crippen LogP contribution in [0.2, 0.25) is 0 Å². The summed E-state index contributed by atoms with van der Waals surface area (Å²) in [7, 11) is 0. The summed E-state index contributed by atoms with van der Waals surface area (Å²) in [5, 5.41) is 7.99. The number of nitrogens with two attached hydrogens (primary N) is 1. The summed E-state index contributed by atoms with van der Waals surface area (Å²) in [5.41, 5.74) is 9.16. The Balaban J connectivity index is 1.51. The number of nitrogens with zero attached hydrogens (tertiary/aromatic N) is 2. The normalized spacial score (nSPS) is 10.9. The summed E-state index contributed by atoms with van der Waals surface area (Å²) in [6.07, 6.45) is 1.71. The highest BCUT2D eigenvalue weighted by Crippen LogP contribution is 2.19. The molecule has 0 atom stereocenters. The number of benzene rings is 3. The lowest BCUT2D eigenvalue weighted by molar-refractivity contribution is 0.102. The molecule has 0 saturated heterocycles. The third-order valence-electron chi connectivity index (χ3n) is 4.36. The predicted octanol–water partition coefficient (Wildman–Crippen LogP) is 4.06. The monoisotopic (exact) mass is 360 g/mol. The van der Waals surface area contributed by atoms with Crippen LogP contribution in [0.25, 0.3) is 10.9 Å². The highest BCUT2D eigenvalue weighted by atomic mass is 19.1. The van der Waals surface area contributed by atoms with Gasteiger partial charge in [0.25, 0.3) is 5.91 Å². The molecule has 0 aliphatic rings. The number of hydrogen-bond acceptors (Lipinski definition) is 3. The van der Waals surface area contributed by atoms with E-state index in [0.29, 0.717) is 23.5 Å². The van der Waals surface area contributed by atoms with E-state index in [9.17, 15) is 9.18 Å². The molecular formula is C21H17FN4O. The molecule has 0 radical (unpaired) electrons. The van der Waals surface area contributed by atoms with Crippen LogP contribution in [-0.4, -0.2) is 15.7 Å². The van der Waals surface area contributed by atoms with Gasteiger partial charge in [0.2, 0.25) is 0 Å². The second-order valence-electron chi connectivity index (χ2n) is 6.24. The van der Waals surface area contributed by atoms with Crippen LogP contribution in [-0.2, 0) is 6.54 Å². The molecule has 27 heavy (non-hydrogen) atoms. The molecule has 6 heteroatoms. The molecule has 1 aromatic heterocycles. The van der Waals surface area contributed by atoms with Crippen LogP contribution in [0, 0.1) is 5.82 Å². The second kappa shape index (κ2) is 6.92. The Morgan fingerprint density at radius 2 is 1.85 bits per heavy atom. The van der Waals surface area contributed by atoms with Crippen LogP contribution >= 0.6 is 0 Å². The number of fused-ring (bicyclic) bond motifs is 1. The fourth-order valence-electron chi connectivity index (χ4n) is 2.91. The van der Waals surface area contributed by atoms with Crippen molar-refractivity contribution in [2.75, 3.05) is 11.1 Å². The second-order valence-corrected chi connectivity index (χ2v) is 6.24. The quantitative estimate of drug-likeness (QED) is 0.539. The molecule has 4 aromatic rings. The van der Waals surface area contributed by atoms with Crippen LogP contribution in [0.3, 0.4) is 0 Å². The number of rotatable bonds is 4. The number of amides is 1. The summed E-state index contributed by atoms with van der Waals surface area (Å²) in [4.78, 5) is 12.4. The van der Waals surface area contributed by atoms with Crippen molar-refractivity contribution in [3.8, 4) is 0 Å². The molecule has 1 heterocycles. The minimum Gasteiger partial charge on any atom is -0.397 e. The zero-order valence-electron chi connectivity index (χ0n) is 14.4. The van der Waals surface area contributed by atoms with E-state index in [2.05, 4.69) is 10.4 Å². The first-order chi connectivity index (χ1) is 13.1. The Hall–Kier alpha value is -3.67. The summed E-state index contributed by atoms with van der Waals surface area (Å²) in [6, 6.07) is 18.9. The molecule has 0 bridgehead atoms. The number of nitrogen functional groups attached to an aromatic ring is 1. The van der Waals surface area contributed by atoms with Crippen molar-refractivity contribution in [3.05, 3.63) is 89.9 Å². The first-order valence-electron chi connectivity index (χ1n) is 8.46. The molecule has 1 amide bonds. The Bertz CT molecular complexity index is 1120. The zero-order valence-corrected chi connectivity index (χ0v) is 14.4. The molecule has 0 unspecified atom stereocenters. The van der Waals surface area contributed by atoms with Gasteiger partial charge in [-0.3, -0.25) is 9.48 Å². The van der Waals surface area contributed by atoms with E-state index < -0.39 is 0 Å². The van der Waals surface area contributed by atoms with Crippen LogP contribution < -0.4 is 11.1 Å². The Labute approximate surface area is 155 Å². The molecule has 0 fully saturated rings. The fourth-order valence-corrected chi connectivity index (χ4v) is 2.91. The molecule has 3 aromatic carbocycles. The van der Waals surface area contributed by atoms with Crippen molar-refractivity contribution < 1.29 is 9.18 Å². The average Bonchev–Trinajstić information content (AvgIpc) is 3.06. The number of aromatic nitrogens is 2. The fraction of sp³-hybridized carbons (Fsp3) is 0.0476. The van der Waals surface area contributed by atoms with Crippen molar-refractivity contribution in [1.29, 1.82) is 0 Å². The van der Waals surface area contributed by atoms with Gasteiger partial charge in [-0.05, 0) is 48.0 Å². The van der Waals surface area contributed by atoms with E-state index in [1.165, 1.54) is 12.1 Å². The van der Waals surface area contributed by atoms with Crippen LogP contribution in [0.5, 0.6) is 0 Å². The van der Waals surface area contributed by atoms with Gasteiger partial charge in [-0.15, -0.1) is 0 Å². The van der Waals surface area contributed by atoms with E-state index in [-0.39, 0.29) is 11.7 Å². The molecule has 0 aliphatic carbocycles. The van der Waals surface area contributed by atoms with E-state index in [1.54, 1.807) is 41.2 Å². The summed E-state index contributed by atoms with van der Waals surface area (Å²) in [6.45, 7) is 0.487. The van der Waals surface area contributed by atoms with Crippen molar-refractivity contribution in [2.24, 2.45) is 0 Å². The molecular weight excluding hydrogens is 343 g/mol. The average molecular weight is 360 g/mol. The zero-order chi connectivity index (χ0) is 18.8. The molecule has 4 rings (SSSR count). The van der Waals surface area contributed by atoms with Gasteiger partial charge in [-0.1, -0.05) is 24.3 Å². The lowest BCUT2D eigenvalue weighted by Crippen LogP contribution is -2.13. The van der Waals surface area contributed by atoms with E-state index in [1.807, 2.05) is 24.3 Å². The Morgan fingerprint density at radius 3 is 2.63 bits per heavy atom.